The van der Waals surface area contributed by atoms with Crippen LogP contribution >= 0.6 is 11.3 Å². The molecule has 1 amide bonds. The Kier molecular flexibility index (Phi) is 6.40. The predicted octanol–water partition coefficient (Wildman–Crippen LogP) is 2.77. The standard InChI is InChI=1S/C20H31N3O3S2/c24-20(18-9-6-14-23(18)28(25,26)19-10-7-15-27-19)22-13-5-8-17(16-22)21-11-3-1-2-4-12-21/h7,10,15,17-18H,1-6,8-9,11-14,16H2. The van der Waals surface area contributed by atoms with Gasteiger partial charge in [0.1, 0.15) is 10.3 Å². The number of nitrogens with zero attached hydrogens (tertiary/aromatic N) is 3. The minimum atomic E-state index is -3.57. The quantitative estimate of drug-likeness (QED) is 0.744. The average molecular weight is 426 g/mol. The van der Waals surface area contributed by atoms with Gasteiger partial charge in [0.05, 0.1) is 0 Å². The van der Waals surface area contributed by atoms with E-state index in [4.69, 9.17) is 0 Å². The summed E-state index contributed by atoms with van der Waals surface area (Å²) in [5.74, 6) is 0.0113. The van der Waals surface area contributed by atoms with E-state index in [1.54, 1.807) is 17.5 Å². The minimum absolute atomic E-state index is 0.0113. The van der Waals surface area contributed by atoms with Gasteiger partial charge >= 0.3 is 0 Å². The van der Waals surface area contributed by atoms with Crippen LogP contribution in [0.2, 0.25) is 0 Å². The van der Waals surface area contributed by atoms with Crippen molar-refractivity contribution in [2.45, 2.75) is 67.7 Å². The van der Waals surface area contributed by atoms with E-state index in [0.29, 0.717) is 23.2 Å². The summed E-state index contributed by atoms with van der Waals surface area (Å²) < 4.78 is 27.8. The van der Waals surface area contributed by atoms with Crippen LogP contribution in [0.1, 0.15) is 51.4 Å². The molecule has 3 aliphatic rings. The highest BCUT2D eigenvalue weighted by molar-refractivity contribution is 7.91. The summed E-state index contributed by atoms with van der Waals surface area (Å²) in [4.78, 5) is 17.8. The highest BCUT2D eigenvalue weighted by Crippen LogP contribution is 2.30. The Morgan fingerprint density at radius 2 is 1.71 bits per heavy atom. The van der Waals surface area contributed by atoms with Crippen LogP contribution in [0.25, 0.3) is 0 Å². The zero-order chi connectivity index (χ0) is 19.6. The number of amides is 1. The van der Waals surface area contributed by atoms with E-state index >= 15 is 0 Å². The largest absolute Gasteiger partial charge is 0.340 e. The van der Waals surface area contributed by atoms with Gasteiger partial charge in [0.25, 0.3) is 10.0 Å². The summed E-state index contributed by atoms with van der Waals surface area (Å²) in [6, 6.07) is 3.28. The number of rotatable bonds is 4. The van der Waals surface area contributed by atoms with Crippen molar-refractivity contribution >= 4 is 27.3 Å². The molecule has 3 fully saturated rings. The van der Waals surface area contributed by atoms with E-state index in [1.807, 2.05) is 4.90 Å². The van der Waals surface area contributed by atoms with Gasteiger partial charge in [-0.3, -0.25) is 9.69 Å². The minimum Gasteiger partial charge on any atom is -0.340 e. The maximum Gasteiger partial charge on any atom is 0.253 e. The first kappa shape index (κ1) is 20.3. The number of hydrogen-bond donors (Lipinski definition) is 0. The molecule has 3 aliphatic heterocycles. The molecule has 6 nitrogen and oxygen atoms in total. The molecule has 28 heavy (non-hydrogen) atoms. The van der Waals surface area contributed by atoms with Crippen molar-refractivity contribution in [1.29, 1.82) is 0 Å². The van der Waals surface area contributed by atoms with Gasteiger partial charge < -0.3 is 4.90 Å². The molecule has 4 rings (SSSR count). The smallest absolute Gasteiger partial charge is 0.253 e. The van der Waals surface area contributed by atoms with Gasteiger partial charge in [-0.25, -0.2) is 8.42 Å². The predicted molar refractivity (Wildman–Crippen MR) is 111 cm³/mol. The normalized spacial score (nSPS) is 28.4. The molecule has 3 saturated heterocycles. The molecule has 0 bridgehead atoms. The second-order valence-electron chi connectivity index (χ2n) is 8.24. The van der Waals surface area contributed by atoms with Crippen LogP contribution in [0.4, 0.5) is 0 Å². The maximum absolute atomic E-state index is 13.3. The molecule has 0 saturated carbocycles. The van der Waals surface area contributed by atoms with Gasteiger partial charge in [0.2, 0.25) is 5.91 Å². The number of piperidine rings is 1. The fourth-order valence-corrected chi connectivity index (χ4v) is 7.69. The van der Waals surface area contributed by atoms with Crippen LogP contribution in [0.15, 0.2) is 21.7 Å². The van der Waals surface area contributed by atoms with Crippen LogP contribution in [0.5, 0.6) is 0 Å². The topological polar surface area (TPSA) is 60.9 Å². The first-order valence-electron chi connectivity index (χ1n) is 10.7. The molecule has 0 N–H and O–H groups in total. The Hall–Kier alpha value is -0.960. The summed E-state index contributed by atoms with van der Waals surface area (Å²) in [5, 5.41) is 1.77. The van der Waals surface area contributed by atoms with Gasteiger partial charge in [-0.2, -0.15) is 4.31 Å². The van der Waals surface area contributed by atoms with Crippen molar-refractivity contribution in [2.24, 2.45) is 0 Å². The molecule has 4 heterocycles. The van der Waals surface area contributed by atoms with Crippen molar-refractivity contribution in [2.75, 3.05) is 32.7 Å². The molecule has 1 aromatic rings. The number of hydrogen-bond acceptors (Lipinski definition) is 5. The molecule has 0 aliphatic carbocycles. The fraction of sp³-hybridized carbons (Fsp3) is 0.750. The van der Waals surface area contributed by atoms with Crippen molar-refractivity contribution < 1.29 is 13.2 Å². The third kappa shape index (κ3) is 4.15. The lowest BCUT2D eigenvalue weighted by Crippen LogP contribution is -2.54. The Bertz CT molecular complexity index is 758. The van der Waals surface area contributed by atoms with Gasteiger partial charge in [-0.05, 0) is 63.1 Å². The summed E-state index contributed by atoms with van der Waals surface area (Å²) >= 11 is 1.23. The van der Waals surface area contributed by atoms with Crippen molar-refractivity contribution in [1.82, 2.24) is 14.1 Å². The monoisotopic (exact) mass is 425 g/mol. The third-order valence-electron chi connectivity index (χ3n) is 6.41. The molecule has 0 aromatic carbocycles. The number of sulfonamides is 1. The van der Waals surface area contributed by atoms with Gasteiger partial charge in [-0.15, -0.1) is 11.3 Å². The average Bonchev–Trinajstić information content (AvgIpc) is 3.36. The lowest BCUT2D eigenvalue weighted by atomic mass is 10.0. The molecule has 0 spiro atoms. The van der Waals surface area contributed by atoms with Crippen molar-refractivity contribution in [3.63, 3.8) is 0 Å². The molecule has 2 atom stereocenters. The molecule has 1 aromatic heterocycles. The number of likely N-dealkylation sites (tertiary alicyclic amines) is 2. The number of carbonyl (C=O) groups is 1. The van der Waals surface area contributed by atoms with E-state index in [2.05, 4.69) is 4.90 Å². The van der Waals surface area contributed by atoms with Gasteiger partial charge in [0.15, 0.2) is 0 Å². The number of thiophene rings is 1. The summed E-state index contributed by atoms with van der Waals surface area (Å²) in [6.07, 6.45) is 8.66. The lowest BCUT2D eigenvalue weighted by Gasteiger charge is -2.40. The zero-order valence-electron chi connectivity index (χ0n) is 16.5. The van der Waals surface area contributed by atoms with Crippen LogP contribution < -0.4 is 0 Å². The molecule has 0 radical (unpaired) electrons. The van der Waals surface area contributed by atoms with Gasteiger partial charge in [-0.1, -0.05) is 18.9 Å². The van der Waals surface area contributed by atoms with E-state index in [1.165, 1.54) is 41.3 Å². The first-order chi connectivity index (χ1) is 13.6. The molecular formula is C20H31N3O3S2. The molecular weight excluding hydrogens is 394 g/mol. The van der Waals surface area contributed by atoms with Crippen molar-refractivity contribution in [3.8, 4) is 0 Å². The fourth-order valence-electron chi connectivity index (χ4n) is 4.92. The van der Waals surface area contributed by atoms with Crippen LogP contribution in [-0.2, 0) is 14.8 Å². The van der Waals surface area contributed by atoms with E-state index < -0.39 is 16.1 Å². The first-order valence-corrected chi connectivity index (χ1v) is 13.0. The van der Waals surface area contributed by atoms with Gasteiger partial charge in [0, 0.05) is 25.7 Å². The third-order valence-corrected chi connectivity index (χ3v) is 9.69. The van der Waals surface area contributed by atoms with Crippen LogP contribution in [0.3, 0.4) is 0 Å². The Morgan fingerprint density at radius 1 is 0.964 bits per heavy atom. The lowest BCUT2D eigenvalue weighted by molar-refractivity contribution is -0.136. The Labute approximate surface area is 172 Å². The van der Waals surface area contributed by atoms with Crippen molar-refractivity contribution in [3.05, 3.63) is 17.5 Å². The zero-order valence-corrected chi connectivity index (χ0v) is 18.1. The molecule has 156 valence electrons. The van der Waals surface area contributed by atoms with E-state index in [0.717, 1.165) is 45.4 Å². The summed E-state index contributed by atoms with van der Waals surface area (Å²) in [5.41, 5.74) is 0. The Balaban J connectivity index is 1.45. The molecule has 2 unspecified atom stereocenters. The van der Waals surface area contributed by atoms with Crippen LogP contribution in [-0.4, -0.2) is 73.2 Å². The second-order valence-corrected chi connectivity index (χ2v) is 11.3. The highest BCUT2D eigenvalue weighted by Gasteiger charge is 2.42. The van der Waals surface area contributed by atoms with E-state index in [9.17, 15) is 13.2 Å². The maximum atomic E-state index is 13.3. The summed E-state index contributed by atoms with van der Waals surface area (Å²) in [7, 11) is -3.57. The van der Waals surface area contributed by atoms with Crippen LogP contribution in [0, 0.1) is 0 Å². The summed E-state index contributed by atoms with van der Waals surface area (Å²) in [6.45, 7) is 4.22. The second kappa shape index (κ2) is 8.81. The SMILES string of the molecule is O=C(C1CCCN1S(=O)(=O)c1cccs1)N1CCCC(N2CCCCCC2)C1. The number of carbonyl (C=O) groups excluding carboxylic acids is 1. The Morgan fingerprint density at radius 3 is 2.43 bits per heavy atom. The van der Waals surface area contributed by atoms with E-state index in [-0.39, 0.29) is 5.91 Å². The molecule has 8 heteroatoms. The highest BCUT2D eigenvalue weighted by atomic mass is 32.2.